The van der Waals surface area contributed by atoms with Crippen LogP contribution in [0.4, 0.5) is 0 Å². The smallest absolute Gasteiger partial charge is 0.255 e. The molecule has 0 aliphatic carbocycles. The third-order valence-electron chi connectivity index (χ3n) is 3.95. The summed E-state index contributed by atoms with van der Waals surface area (Å²) < 4.78 is 5.77. The topological polar surface area (TPSA) is 71.1 Å². The zero-order chi connectivity index (χ0) is 16.4. The van der Waals surface area contributed by atoms with Crippen LogP contribution in [0.15, 0.2) is 6.07 Å². The van der Waals surface area contributed by atoms with E-state index < -0.39 is 0 Å². The van der Waals surface area contributed by atoms with Crippen LogP contribution in [0.2, 0.25) is 0 Å². The molecule has 1 aliphatic rings. The van der Waals surface area contributed by atoms with E-state index in [1.165, 1.54) is 0 Å². The van der Waals surface area contributed by atoms with Crippen molar-refractivity contribution < 1.29 is 9.53 Å². The molecule has 0 bridgehead atoms. The molecule has 2 aromatic heterocycles. The van der Waals surface area contributed by atoms with Crippen molar-refractivity contribution >= 4 is 17.2 Å². The Labute approximate surface area is 139 Å². The van der Waals surface area contributed by atoms with Gasteiger partial charge < -0.3 is 9.64 Å². The second-order valence-electron chi connectivity index (χ2n) is 5.83. The van der Waals surface area contributed by atoms with Crippen LogP contribution in [0.25, 0.3) is 0 Å². The van der Waals surface area contributed by atoms with E-state index in [2.05, 4.69) is 22.1 Å². The number of aromatic nitrogens is 3. The molecule has 124 valence electrons. The average Bonchev–Trinajstić information content (AvgIpc) is 3.13. The number of rotatable bonds is 4. The first-order valence-electron chi connectivity index (χ1n) is 7.97. The number of thiophene rings is 1. The Hall–Kier alpha value is -1.73. The summed E-state index contributed by atoms with van der Waals surface area (Å²) >= 11 is 1.66. The molecule has 1 saturated heterocycles. The van der Waals surface area contributed by atoms with Crippen LogP contribution < -0.4 is 0 Å². The molecule has 0 aromatic carbocycles. The minimum absolute atomic E-state index is 0.0736. The van der Waals surface area contributed by atoms with Crippen LogP contribution in [0.5, 0.6) is 0 Å². The number of amides is 1. The van der Waals surface area contributed by atoms with E-state index in [0.29, 0.717) is 25.5 Å². The molecule has 1 aliphatic heterocycles. The number of H-pyrrole nitrogens is 1. The summed E-state index contributed by atoms with van der Waals surface area (Å²) in [6, 6.07) is 1.97. The summed E-state index contributed by atoms with van der Waals surface area (Å²) in [5.74, 6) is 1.59. The summed E-state index contributed by atoms with van der Waals surface area (Å²) in [6.45, 7) is 7.74. The molecule has 1 fully saturated rings. The Kier molecular flexibility index (Phi) is 4.77. The van der Waals surface area contributed by atoms with Gasteiger partial charge in [0.05, 0.1) is 18.7 Å². The summed E-state index contributed by atoms with van der Waals surface area (Å²) in [4.78, 5) is 21.3. The van der Waals surface area contributed by atoms with Gasteiger partial charge in [0, 0.05) is 22.7 Å². The van der Waals surface area contributed by atoms with Gasteiger partial charge in [-0.25, -0.2) is 4.98 Å². The fourth-order valence-corrected chi connectivity index (χ4v) is 3.72. The second kappa shape index (κ2) is 6.80. The summed E-state index contributed by atoms with van der Waals surface area (Å²) in [5.41, 5.74) is 0.801. The maximum absolute atomic E-state index is 12.7. The maximum Gasteiger partial charge on any atom is 0.255 e. The molecular formula is C16H22N4O2S. The number of carbonyl (C=O) groups excluding carboxylic acids is 1. The molecule has 0 spiro atoms. The molecule has 1 atom stereocenters. The Morgan fingerprint density at radius 1 is 1.52 bits per heavy atom. The number of morpholine rings is 1. The first kappa shape index (κ1) is 16.1. The molecule has 0 saturated carbocycles. The Bertz CT molecular complexity index is 694. The van der Waals surface area contributed by atoms with Crippen molar-refractivity contribution in [1.82, 2.24) is 20.1 Å². The van der Waals surface area contributed by atoms with Crippen LogP contribution in [-0.2, 0) is 11.2 Å². The monoisotopic (exact) mass is 334 g/mol. The standard InChI is InChI=1S/C16H22N4O2S/c1-4-5-14-17-15(19-18-14)13-9-20(6-7-22-13)16(21)12-8-10(2)23-11(12)3/h8,13H,4-7,9H2,1-3H3,(H,17,18,19)/t13-/m0/s1. The van der Waals surface area contributed by atoms with Crippen molar-refractivity contribution in [3.63, 3.8) is 0 Å². The zero-order valence-electron chi connectivity index (χ0n) is 13.8. The van der Waals surface area contributed by atoms with Gasteiger partial charge in [-0.1, -0.05) is 6.92 Å². The summed E-state index contributed by atoms with van der Waals surface area (Å²) in [7, 11) is 0. The molecule has 7 heteroatoms. The number of ether oxygens (including phenoxy) is 1. The molecule has 1 amide bonds. The predicted octanol–water partition coefficient (Wildman–Crippen LogP) is 2.65. The van der Waals surface area contributed by atoms with Crippen LogP contribution >= 0.6 is 11.3 Å². The number of nitrogens with one attached hydrogen (secondary N) is 1. The van der Waals surface area contributed by atoms with Gasteiger partial charge in [-0.05, 0) is 26.3 Å². The zero-order valence-corrected chi connectivity index (χ0v) is 14.6. The highest BCUT2D eigenvalue weighted by Crippen LogP contribution is 2.25. The normalized spacial score (nSPS) is 18.4. The number of carbonyl (C=O) groups is 1. The lowest BCUT2D eigenvalue weighted by Gasteiger charge is -2.31. The highest BCUT2D eigenvalue weighted by Gasteiger charge is 2.29. The lowest BCUT2D eigenvalue weighted by molar-refractivity contribution is -0.0266. The van der Waals surface area contributed by atoms with Crippen molar-refractivity contribution in [2.45, 2.75) is 39.7 Å². The fraction of sp³-hybridized carbons (Fsp3) is 0.562. The first-order valence-corrected chi connectivity index (χ1v) is 8.79. The SMILES string of the molecule is CCCc1nc([C@@H]2CN(C(=O)c3cc(C)sc3C)CCO2)n[nH]1. The third kappa shape index (κ3) is 3.45. The van der Waals surface area contributed by atoms with E-state index >= 15 is 0 Å². The number of aromatic amines is 1. The Morgan fingerprint density at radius 2 is 2.35 bits per heavy atom. The van der Waals surface area contributed by atoms with Crippen LogP contribution in [0.1, 0.15) is 51.2 Å². The van der Waals surface area contributed by atoms with Gasteiger partial charge in [0.25, 0.3) is 5.91 Å². The molecule has 23 heavy (non-hydrogen) atoms. The van der Waals surface area contributed by atoms with Gasteiger partial charge in [-0.15, -0.1) is 11.3 Å². The van der Waals surface area contributed by atoms with Gasteiger partial charge in [0.1, 0.15) is 11.9 Å². The van der Waals surface area contributed by atoms with Gasteiger partial charge in [-0.3, -0.25) is 9.89 Å². The van der Waals surface area contributed by atoms with Crippen LogP contribution in [-0.4, -0.2) is 45.7 Å². The largest absolute Gasteiger partial charge is 0.366 e. The molecule has 2 aromatic rings. The highest BCUT2D eigenvalue weighted by atomic mass is 32.1. The number of nitrogens with zero attached hydrogens (tertiary/aromatic N) is 3. The molecule has 3 rings (SSSR count). The average molecular weight is 334 g/mol. The lowest BCUT2D eigenvalue weighted by Crippen LogP contribution is -2.42. The van der Waals surface area contributed by atoms with E-state index in [1.54, 1.807) is 11.3 Å². The maximum atomic E-state index is 12.7. The van der Waals surface area contributed by atoms with Gasteiger partial charge in [-0.2, -0.15) is 5.10 Å². The first-order chi connectivity index (χ1) is 11.1. The van der Waals surface area contributed by atoms with Crippen LogP contribution in [0.3, 0.4) is 0 Å². The number of hydrogen-bond donors (Lipinski definition) is 1. The molecule has 6 nitrogen and oxygen atoms in total. The third-order valence-corrected chi connectivity index (χ3v) is 4.91. The van der Waals surface area contributed by atoms with Gasteiger partial charge >= 0.3 is 0 Å². The van der Waals surface area contributed by atoms with Crippen molar-refractivity contribution in [1.29, 1.82) is 0 Å². The fourth-order valence-electron chi connectivity index (χ4n) is 2.81. The lowest BCUT2D eigenvalue weighted by atomic mass is 10.2. The van der Waals surface area contributed by atoms with Gasteiger partial charge in [0.15, 0.2) is 5.82 Å². The second-order valence-corrected chi connectivity index (χ2v) is 7.29. The molecule has 0 unspecified atom stereocenters. The van der Waals surface area contributed by atoms with Gasteiger partial charge in [0.2, 0.25) is 0 Å². The quantitative estimate of drug-likeness (QED) is 0.933. The molecule has 3 heterocycles. The van der Waals surface area contributed by atoms with E-state index in [4.69, 9.17) is 4.74 Å². The highest BCUT2D eigenvalue weighted by molar-refractivity contribution is 7.12. The van der Waals surface area contributed by atoms with Crippen molar-refractivity contribution in [3.8, 4) is 0 Å². The molecule has 1 N–H and O–H groups in total. The van der Waals surface area contributed by atoms with Crippen molar-refractivity contribution in [2.24, 2.45) is 0 Å². The van der Waals surface area contributed by atoms with Crippen LogP contribution in [0, 0.1) is 13.8 Å². The minimum Gasteiger partial charge on any atom is -0.366 e. The van der Waals surface area contributed by atoms with Crippen molar-refractivity contribution in [2.75, 3.05) is 19.7 Å². The predicted molar refractivity (Wildman–Crippen MR) is 88.8 cm³/mol. The van der Waals surface area contributed by atoms with E-state index in [0.717, 1.165) is 34.0 Å². The Balaban J connectivity index is 1.72. The molecular weight excluding hydrogens is 312 g/mol. The Morgan fingerprint density at radius 3 is 3.04 bits per heavy atom. The number of hydrogen-bond acceptors (Lipinski definition) is 5. The summed E-state index contributed by atoms with van der Waals surface area (Å²) in [5, 5.41) is 7.20. The van der Waals surface area contributed by atoms with Crippen molar-refractivity contribution in [3.05, 3.63) is 33.0 Å². The van der Waals surface area contributed by atoms with E-state index in [1.807, 2.05) is 24.8 Å². The molecule has 0 radical (unpaired) electrons. The number of aryl methyl sites for hydroxylation is 3. The summed E-state index contributed by atoms with van der Waals surface area (Å²) in [6.07, 6.45) is 1.63. The van der Waals surface area contributed by atoms with E-state index in [-0.39, 0.29) is 12.0 Å². The minimum atomic E-state index is -0.255. The van der Waals surface area contributed by atoms with E-state index in [9.17, 15) is 4.79 Å².